The molecule has 0 fully saturated rings. The van der Waals surface area contributed by atoms with E-state index in [0.717, 1.165) is 27.6 Å². The van der Waals surface area contributed by atoms with E-state index in [2.05, 4.69) is 16.9 Å². The average molecular weight is 623 g/mol. The van der Waals surface area contributed by atoms with E-state index in [4.69, 9.17) is 28.0 Å². The molecule has 0 saturated heterocycles. The Bertz CT molecular complexity index is 1700. The molecule has 0 aliphatic carbocycles. The smallest absolute Gasteiger partial charge is 0.477 e. The minimum absolute atomic E-state index is 0.161. The fraction of sp³-hybridized carbons (Fsp3) is 0.344. The number of hydrogen-bond donors (Lipinski definition) is 1. The van der Waals surface area contributed by atoms with E-state index >= 15 is 0 Å². The molecule has 1 N–H and O–H groups in total. The van der Waals surface area contributed by atoms with Crippen LogP contribution in [0.2, 0.25) is 0 Å². The summed E-state index contributed by atoms with van der Waals surface area (Å²) in [6.45, 7) is 14.1. The first-order valence-electron chi connectivity index (χ1n) is 13.9. The summed E-state index contributed by atoms with van der Waals surface area (Å²) in [5.74, 6) is 0.660. The van der Waals surface area contributed by atoms with Crippen molar-refractivity contribution in [3.63, 3.8) is 0 Å². The molecule has 44 heavy (non-hydrogen) atoms. The number of benzene rings is 1. The molecule has 1 amide bonds. The van der Waals surface area contributed by atoms with Crippen molar-refractivity contribution in [3.8, 4) is 33.9 Å². The third-order valence-electron chi connectivity index (χ3n) is 6.02. The van der Waals surface area contributed by atoms with Gasteiger partial charge in [-0.2, -0.15) is 0 Å². The average Bonchev–Trinajstić information content (AvgIpc) is 3.31. The second-order valence-electron chi connectivity index (χ2n) is 12.0. The van der Waals surface area contributed by atoms with Gasteiger partial charge in [-0.05, 0) is 83.0 Å². The summed E-state index contributed by atoms with van der Waals surface area (Å²) in [6, 6.07) is 11.1. The summed E-state index contributed by atoms with van der Waals surface area (Å²) in [5.41, 5.74) is 2.71. The van der Waals surface area contributed by atoms with Gasteiger partial charge >= 0.3 is 7.82 Å². The van der Waals surface area contributed by atoms with Gasteiger partial charge < -0.3 is 19.4 Å². The SMILES string of the molecule is C=CC(=O)Nc1cc(OC)cc(-c2cnc3c(c2)c(-c2ccnc(OC)c2)cn3COP(=O)(OC(C)(C)C)OC(C)(C)C)c1. The lowest BCUT2D eigenvalue weighted by Gasteiger charge is -2.30. The Morgan fingerprint density at radius 3 is 2.27 bits per heavy atom. The highest BCUT2D eigenvalue weighted by molar-refractivity contribution is 7.48. The molecule has 234 valence electrons. The Hall–Kier alpha value is -4.02. The molecule has 4 rings (SSSR count). The van der Waals surface area contributed by atoms with Gasteiger partial charge in [0.1, 0.15) is 18.1 Å². The fourth-order valence-corrected chi connectivity index (χ4v) is 6.12. The lowest BCUT2D eigenvalue weighted by molar-refractivity contribution is -0.111. The first kappa shape index (κ1) is 32.9. The van der Waals surface area contributed by atoms with Gasteiger partial charge in [-0.1, -0.05) is 6.58 Å². The number of rotatable bonds is 11. The largest absolute Gasteiger partial charge is 0.497 e. The lowest BCUT2D eigenvalue weighted by atomic mass is 10.0. The minimum atomic E-state index is -4.00. The van der Waals surface area contributed by atoms with Gasteiger partial charge in [0, 0.05) is 52.9 Å². The normalized spacial score (nSPS) is 12.3. The molecule has 0 bridgehead atoms. The van der Waals surface area contributed by atoms with Gasteiger partial charge in [0.15, 0.2) is 0 Å². The number of carbonyl (C=O) groups is 1. The predicted octanol–water partition coefficient (Wildman–Crippen LogP) is 7.62. The molecule has 4 aromatic rings. The number of ether oxygens (including phenoxy) is 2. The van der Waals surface area contributed by atoms with E-state index in [0.29, 0.717) is 23.0 Å². The molecule has 0 spiro atoms. The van der Waals surface area contributed by atoms with E-state index in [1.54, 1.807) is 78.8 Å². The second-order valence-corrected chi connectivity index (χ2v) is 13.5. The van der Waals surface area contributed by atoms with Gasteiger partial charge in [-0.3, -0.25) is 18.4 Å². The van der Waals surface area contributed by atoms with Crippen LogP contribution < -0.4 is 14.8 Å². The Kier molecular flexibility index (Phi) is 9.65. The monoisotopic (exact) mass is 622 g/mol. The van der Waals surface area contributed by atoms with Gasteiger partial charge in [0.2, 0.25) is 11.8 Å². The van der Waals surface area contributed by atoms with Crippen LogP contribution in [0.15, 0.2) is 67.6 Å². The molecule has 11 nitrogen and oxygen atoms in total. The number of amides is 1. The van der Waals surface area contributed by atoms with E-state index in [9.17, 15) is 9.36 Å². The maximum absolute atomic E-state index is 13.8. The van der Waals surface area contributed by atoms with Crippen molar-refractivity contribution < 1.29 is 32.4 Å². The number of aromatic nitrogens is 3. The third-order valence-corrected chi connectivity index (χ3v) is 8.00. The van der Waals surface area contributed by atoms with E-state index in [1.165, 1.54) is 6.08 Å². The van der Waals surface area contributed by atoms with Crippen molar-refractivity contribution in [2.45, 2.75) is 59.5 Å². The quantitative estimate of drug-likeness (QED) is 0.133. The van der Waals surface area contributed by atoms with E-state index in [-0.39, 0.29) is 12.6 Å². The van der Waals surface area contributed by atoms with Crippen molar-refractivity contribution in [1.29, 1.82) is 0 Å². The number of phosphoric ester groups is 1. The second kappa shape index (κ2) is 12.9. The first-order chi connectivity index (χ1) is 20.6. The molecule has 3 heterocycles. The summed E-state index contributed by atoms with van der Waals surface area (Å²) in [4.78, 5) is 21.0. The summed E-state index contributed by atoms with van der Waals surface area (Å²) < 4.78 is 43.9. The van der Waals surface area contributed by atoms with Crippen LogP contribution in [0.1, 0.15) is 41.5 Å². The number of methoxy groups -OCH3 is 2. The van der Waals surface area contributed by atoms with Crippen LogP contribution in [0.5, 0.6) is 11.6 Å². The predicted molar refractivity (Wildman–Crippen MR) is 171 cm³/mol. The highest BCUT2D eigenvalue weighted by Crippen LogP contribution is 2.55. The fourth-order valence-electron chi connectivity index (χ4n) is 4.37. The van der Waals surface area contributed by atoms with Crippen LogP contribution >= 0.6 is 7.82 Å². The molecular formula is C32H39N4O7P. The molecule has 3 aromatic heterocycles. The zero-order chi connectivity index (χ0) is 32.3. The highest BCUT2D eigenvalue weighted by atomic mass is 31.2. The van der Waals surface area contributed by atoms with Crippen molar-refractivity contribution in [2.75, 3.05) is 19.5 Å². The molecule has 0 radical (unpaired) electrons. The van der Waals surface area contributed by atoms with Crippen molar-refractivity contribution in [2.24, 2.45) is 0 Å². The minimum Gasteiger partial charge on any atom is -0.497 e. The highest BCUT2D eigenvalue weighted by Gasteiger charge is 2.37. The van der Waals surface area contributed by atoms with Gasteiger partial charge in [-0.15, -0.1) is 0 Å². The van der Waals surface area contributed by atoms with Gasteiger partial charge in [0.05, 0.1) is 25.4 Å². The molecule has 0 aliphatic heterocycles. The molecule has 1 aromatic carbocycles. The van der Waals surface area contributed by atoms with E-state index < -0.39 is 19.0 Å². The van der Waals surface area contributed by atoms with Crippen LogP contribution in [-0.2, 0) is 29.7 Å². The number of phosphoric acid groups is 1. The number of nitrogens with zero attached hydrogens (tertiary/aromatic N) is 3. The van der Waals surface area contributed by atoms with Gasteiger partial charge in [-0.25, -0.2) is 14.5 Å². The summed E-state index contributed by atoms with van der Waals surface area (Å²) in [6.07, 6.45) is 6.42. The number of anilines is 1. The van der Waals surface area contributed by atoms with Crippen LogP contribution in [0.3, 0.4) is 0 Å². The summed E-state index contributed by atoms with van der Waals surface area (Å²) in [7, 11) is -0.894. The molecular weight excluding hydrogens is 583 g/mol. The van der Waals surface area contributed by atoms with Crippen LogP contribution in [0, 0.1) is 0 Å². The zero-order valence-corrected chi connectivity index (χ0v) is 27.2. The Morgan fingerprint density at radius 1 is 0.955 bits per heavy atom. The standard InChI is InChI=1S/C32H39N4O7P/c1-10-28(37)35-24-13-22(14-25(17-24)39-8)23-15-26-27(21-11-12-33-29(16-21)40-9)19-36(30(26)34-18-23)20-41-44(38,42-31(2,3)4)43-32(5,6)7/h10-19H,1,20H2,2-9H3,(H,35,37). The Labute approximate surface area is 257 Å². The topological polar surface area (TPSA) is 123 Å². The molecule has 0 atom stereocenters. The number of hydrogen-bond acceptors (Lipinski definition) is 9. The van der Waals surface area contributed by atoms with E-state index in [1.807, 2.05) is 36.5 Å². The summed E-state index contributed by atoms with van der Waals surface area (Å²) in [5, 5.41) is 3.56. The lowest BCUT2D eigenvalue weighted by Crippen LogP contribution is -2.25. The number of carbonyl (C=O) groups excluding carboxylic acids is 1. The first-order valence-corrected chi connectivity index (χ1v) is 15.4. The number of nitrogens with one attached hydrogen (secondary N) is 1. The van der Waals surface area contributed by atoms with Crippen LogP contribution in [-0.4, -0.2) is 45.9 Å². The summed E-state index contributed by atoms with van der Waals surface area (Å²) >= 11 is 0. The molecule has 12 heteroatoms. The maximum Gasteiger partial charge on any atom is 0.477 e. The Morgan fingerprint density at radius 2 is 1.66 bits per heavy atom. The molecule has 0 saturated carbocycles. The van der Waals surface area contributed by atoms with Crippen LogP contribution in [0.25, 0.3) is 33.3 Å². The Balaban J connectivity index is 1.83. The zero-order valence-electron chi connectivity index (χ0n) is 26.3. The molecule has 0 unspecified atom stereocenters. The van der Waals surface area contributed by atoms with Crippen molar-refractivity contribution in [1.82, 2.24) is 14.5 Å². The van der Waals surface area contributed by atoms with Crippen molar-refractivity contribution in [3.05, 3.63) is 67.6 Å². The number of fused-ring (bicyclic) bond motifs is 1. The maximum atomic E-state index is 13.8. The third kappa shape index (κ3) is 8.33. The van der Waals surface area contributed by atoms with Gasteiger partial charge in [0.25, 0.3) is 0 Å². The van der Waals surface area contributed by atoms with Crippen molar-refractivity contribution >= 4 is 30.5 Å². The van der Waals surface area contributed by atoms with Crippen LogP contribution in [0.4, 0.5) is 5.69 Å². The number of pyridine rings is 2. The molecule has 0 aliphatic rings.